The van der Waals surface area contributed by atoms with E-state index in [1.807, 2.05) is 105 Å². The highest BCUT2D eigenvalue weighted by Crippen LogP contribution is 2.64. The number of benzene rings is 3. The number of hydrogen-bond donors (Lipinski definition) is 0. The molecule has 1 aliphatic rings. The SMILES string of the molecule is CC(=O)OC1(c2ccccc2)OOC(c2ccccc2)(c2ccccc2)C1(C)C. The van der Waals surface area contributed by atoms with Crippen molar-refractivity contribution < 1.29 is 19.3 Å². The van der Waals surface area contributed by atoms with E-state index in [9.17, 15) is 4.79 Å². The van der Waals surface area contributed by atoms with Crippen LogP contribution in [0, 0.1) is 5.41 Å². The van der Waals surface area contributed by atoms with E-state index in [2.05, 4.69) is 0 Å². The van der Waals surface area contributed by atoms with Gasteiger partial charge in [-0.05, 0) is 25.0 Å². The number of esters is 1. The molecule has 4 nitrogen and oxygen atoms in total. The van der Waals surface area contributed by atoms with Crippen LogP contribution in [0.1, 0.15) is 37.5 Å². The summed E-state index contributed by atoms with van der Waals surface area (Å²) in [6, 6.07) is 29.3. The maximum absolute atomic E-state index is 12.2. The van der Waals surface area contributed by atoms with Gasteiger partial charge in [0.15, 0.2) is 5.60 Å². The third kappa shape index (κ3) is 2.79. The van der Waals surface area contributed by atoms with E-state index in [0.717, 1.165) is 11.1 Å². The third-order valence-corrected chi connectivity index (χ3v) is 5.79. The molecule has 0 radical (unpaired) electrons. The fourth-order valence-corrected chi connectivity index (χ4v) is 4.36. The second-order valence-electron chi connectivity index (χ2n) is 7.78. The Morgan fingerprint density at radius 1 is 0.690 bits per heavy atom. The Morgan fingerprint density at radius 3 is 1.52 bits per heavy atom. The Morgan fingerprint density at radius 2 is 1.10 bits per heavy atom. The molecule has 3 aromatic rings. The lowest BCUT2D eigenvalue weighted by molar-refractivity contribution is -0.400. The Labute approximate surface area is 171 Å². The van der Waals surface area contributed by atoms with Crippen molar-refractivity contribution in [3.63, 3.8) is 0 Å². The van der Waals surface area contributed by atoms with Crippen LogP contribution < -0.4 is 0 Å². The van der Waals surface area contributed by atoms with Gasteiger partial charge in [-0.15, -0.1) is 0 Å². The first-order valence-electron chi connectivity index (χ1n) is 9.67. The summed E-state index contributed by atoms with van der Waals surface area (Å²) in [6.07, 6.45) is 0. The summed E-state index contributed by atoms with van der Waals surface area (Å²) in [5, 5.41) is 0. The molecule has 1 heterocycles. The molecule has 0 spiro atoms. The molecule has 4 heteroatoms. The van der Waals surface area contributed by atoms with Crippen LogP contribution in [0.3, 0.4) is 0 Å². The average molecular weight is 388 g/mol. The fraction of sp³-hybridized carbons (Fsp3) is 0.240. The summed E-state index contributed by atoms with van der Waals surface area (Å²) in [5.74, 6) is -1.87. The highest BCUT2D eigenvalue weighted by Gasteiger charge is 2.71. The quantitative estimate of drug-likeness (QED) is 0.447. The van der Waals surface area contributed by atoms with Crippen molar-refractivity contribution in [2.24, 2.45) is 5.41 Å². The van der Waals surface area contributed by atoms with E-state index in [1.54, 1.807) is 0 Å². The normalized spacial score (nSPS) is 22.2. The van der Waals surface area contributed by atoms with E-state index in [-0.39, 0.29) is 0 Å². The second-order valence-corrected chi connectivity index (χ2v) is 7.78. The van der Waals surface area contributed by atoms with Crippen LogP contribution in [0.4, 0.5) is 0 Å². The zero-order valence-electron chi connectivity index (χ0n) is 16.8. The fourth-order valence-electron chi connectivity index (χ4n) is 4.36. The zero-order chi connectivity index (χ0) is 20.5. The van der Waals surface area contributed by atoms with Crippen molar-refractivity contribution in [2.45, 2.75) is 32.2 Å². The van der Waals surface area contributed by atoms with Crippen molar-refractivity contribution in [1.82, 2.24) is 0 Å². The smallest absolute Gasteiger partial charge is 0.305 e. The summed E-state index contributed by atoms with van der Waals surface area (Å²) >= 11 is 0. The Balaban J connectivity index is 2.01. The van der Waals surface area contributed by atoms with Gasteiger partial charge >= 0.3 is 5.97 Å². The van der Waals surface area contributed by atoms with Crippen LogP contribution in [-0.4, -0.2) is 5.97 Å². The first kappa shape index (κ1) is 19.4. The van der Waals surface area contributed by atoms with Crippen molar-refractivity contribution in [3.05, 3.63) is 108 Å². The maximum Gasteiger partial charge on any atom is 0.305 e. The van der Waals surface area contributed by atoms with Gasteiger partial charge in [-0.2, -0.15) is 4.89 Å². The number of carbonyl (C=O) groups is 1. The largest absolute Gasteiger partial charge is 0.425 e. The lowest BCUT2D eigenvalue weighted by Crippen LogP contribution is -2.51. The average Bonchev–Trinajstić information content (AvgIpc) is 2.98. The first-order chi connectivity index (χ1) is 13.9. The van der Waals surface area contributed by atoms with Crippen molar-refractivity contribution in [1.29, 1.82) is 0 Å². The minimum absolute atomic E-state index is 0.442. The predicted octanol–water partition coefficient (Wildman–Crippen LogP) is 5.33. The van der Waals surface area contributed by atoms with Crippen molar-refractivity contribution in [2.75, 3.05) is 0 Å². The minimum atomic E-state index is -1.42. The third-order valence-electron chi connectivity index (χ3n) is 5.79. The summed E-state index contributed by atoms with van der Waals surface area (Å²) < 4.78 is 5.91. The van der Waals surface area contributed by atoms with Crippen LogP contribution in [0.2, 0.25) is 0 Å². The predicted molar refractivity (Wildman–Crippen MR) is 110 cm³/mol. The van der Waals surface area contributed by atoms with Gasteiger partial charge in [0, 0.05) is 12.5 Å². The standard InChI is InChI=1S/C25H24O4/c1-19(26)27-25(22-17-11-6-12-18-22)23(2,3)24(28-29-25,20-13-7-4-8-14-20)21-15-9-5-10-16-21/h4-18H,1-3H3. The topological polar surface area (TPSA) is 44.8 Å². The molecule has 0 amide bonds. The molecule has 148 valence electrons. The van der Waals surface area contributed by atoms with Gasteiger partial charge in [0.05, 0.1) is 5.41 Å². The molecule has 0 N–H and O–H groups in total. The van der Waals surface area contributed by atoms with Crippen molar-refractivity contribution in [3.8, 4) is 0 Å². The van der Waals surface area contributed by atoms with E-state index < -0.39 is 22.8 Å². The van der Waals surface area contributed by atoms with E-state index >= 15 is 0 Å². The second kappa shape index (κ2) is 7.14. The van der Waals surface area contributed by atoms with Crippen LogP contribution in [0.15, 0.2) is 91.0 Å². The lowest BCUT2D eigenvalue weighted by atomic mass is 9.62. The highest BCUT2D eigenvalue weighted by molar-refractivity contribution is 5.67. The zero-order valence-corrected chi connectivity index (χ0v) is 16.8. The summed E-state index contributed by atoms with van der Waals surface area (Å²) in [6.45, 7) is 5.40. The molecule has 3 aromatic carbocycles. The van der Waals surface area contributed by atoms with Crippen LogP contribution >= 0.6 is 0 Å². The number of rotatable bonds is 4. The van der Waals surface area contributed by atoms with Crippen LogP contribution in [-0.2, 0) is 30.7 Å². The Hall–Kier alpha value is -2.95. The Bertz CT molecular complexity index is 944. The molecule has 1 atom stereocenters. The van der Waals surface area contributed by atoms with Gasteiger partial charge in [0.2, 0.25) is 0 Å². The van der Waals surface area contributed by atoms with E-state index in [4.69, 9.17) is 14.5 Å². The molecule has 0 bridgehead atoms. The molecule has 0 aliphatic carbocycles. The van der Waals surface area contributed by atoms with Gasteiger partial charge in [0.25, 0.3) is 5.79 Å². The molecule has 1 unspecified atom stereocenters. The molecular formula is C25H24O4. The molecule has 0 saturated carbocycles. The van der Waals surface area contributed by atoms with Gasteiger partial charge in [-0.25, -0.2) is 4.89 Å². The van der Waals surface area contributed by atoms with Gasteiger partial charge in [-0.1, -0.05) is 91.0 Å². The molecule has 29 heavy (non-hydrogen) atoms. The maximum atomic E-state index is 12.2. The molecule has 1 saturated heterocycles. The van der Waals surface area contributed by atoms with Crippen LogP contribution in [0.25, 0.3) is 0 Å². The first-order valence-corrected chi connectivity index (χ1v) is 9.67. The van der Waals surface area contributed by atoms with E-state index in [0.29, 0.717) is 5.56 Å². The molecule has 4 rings (SSSR count). The number of carbonyl (C=O) groups excluding carboxylic acids is 1. The van der Waals surface area contributed by atoms with Crippen molar-refractivity contribution >= 4 is 5.97 Å². The molecular weight excluding hydrogens is 364 g/mol. The molecule has 0 aromatic heterocycles. The number of ether oxygens (including phenoxy) is 1. The van der Waals surface area contributed by atoms with E-state index in [1.165, 1.54) is 6.92 Å². The Kier molecular flexibility index (Phi) is 4.77. The summed E-state index contributed by atoms with van der Waals surface area (Å²) in [4.78, 5) is 24.4. The summed E-state index contributed by atoms with van der Waals surface area (Å²) in [5.41, 5.74) is 0.729. The number of hydrogen-bond acceptors (Lipinski definition) is 4. The minimum Gasteiger partial charge on any atom is -0.425 e. The highest BCUT2D eigenvalue weighted by atomic mass is 17.3. The monoisotopic (exact) mass is 388 g/mol. The van der Waals surface area contributed by atoms with Gasteiger partial charge < -0.3 is 4.74 Å². The van der Waals surface area contributed by atoms with Gasteiger partial charge in [-0.3, -0.25) is 4.79 Å². The van der Waals surface area contributed by atoms with Crippen LogP contribution in [0.5, 0.6) is 0 Å². The van der Waals surface area contributed by atoms with Gasteiger partial charge in [0.1, 0.15) is 0 Å². The lowest BCUT2D eigenvalue weighted by Gasteiger charge is -2.44. The summed E-state index contributed by atoms with van der Waals surface area (Å²) in [7, 11) is 0. The molecule has 1 fully saturated rings. The molecule has 1 aliphatic heterocycles.